The van der Waals surface area contributed by atoms with Crippen LogP contribution in [-0.2, 0) is 6.61 Å². The Morgan fingerprint density at radius 2 is 2.06 bits per heavy atom. The average Bonchev–Trinajstić information content (AvgIpc) is 2.40. The van der Waals surface area contributed by atoms with E-state index in [0.29, 0.717) is 12.6 Å². The number of anilines is 1. The first-order chi connectivity index (χ1) is 8.74. The number of benzene rings is 1. The summed E-state index contributed by atoms with van der Waals surface area (Å²) in [7, 11) is 0. The number of aliphatic hydroxyl groups is 1. The third-order valence-corrected chi connectivity index (χ3v) is 3.03. The van der Waals surface area contributed by atoms with Crippen LogP contribution < -0.4 is 10.1 Å². The fraction of sp³-hybridized carbons (Fsp3) is 0.600. The molecule has 3 heteroatoms. The maximum Gasteiger partial charge on any atom is 0.124 e. The molecule has 0 saturated heterocycles. The highest BCUT2D eigenvalue weighted by atomic mass is 16.5. The molecule has 3 nitrogen and oxygen atoms in total. The second-order valence-corrected chi connectivity index (χ2v) is 4.45. The van der Waals surface area contributed by atoms with Crippen molar-refractivity contribution in [3.05, 3.63) is 23.8 Å². The third kappa shape index (κ3) is 4.22. The van der Waals surface area contributed by atoms with E-state index in [1.807, 2.05) is 25.1 Å². The van der Waals surface area contributed by atoms with E-state index in [1.54, 1.807) is 0 Å². The van der Waals surface area contributed by atoms with Crippen molar-refractivity contribution in [2.24, 2.45) is 0 Å². The number of rotatable bonds is 8. The Balaban J connectivity index is 2.77. The van der Waals surface area contributed by atoms with Crippen molar-refractivity contribution in [3.63, 3.8) is 0 Å². The van der Waals surface area contributed by atoms with E-state index >= 15 is 0 Å². The SMILES string of the molecule is CCCC(CC)Nc1ccc(OCC)c(CO)c1. The predicted molar refractivity (Wildman–Crippen MR) is 76.1 cm³/mol. The molecule has 1 aromatic carbocycles. The van der Waals surface area contributed by atoms with Gasteiger partial charge in [-0.2, -0.15) is 0 Å². The van der Waals surface area contributed by atoms with Gasteiger partial charge in [0.1, 0.15) is 5.75 Å². The number of hydrogen-bond donors (Lipinski definition) is 2. The first-order valence-electron chi connectivity index (χ1n) is 6.88. The summed E-state index contributed by atoms with van der Waals surface area (Å²) >= 11 is 0. The van der Waals surface area contributed by atoms with Crippen LogP contribution in [0, 0.1) is 0 Å². The number of aliphatic hydroxyl groups excluding tert-OH is 1. The van der Waals surface area contributed by atoms with Crippen LogP contribution in [-0.4, -0.2) is 17.8 Å². The molecule has 0 bridgehead atoms. The van der Waals surface area contributed by atoms with E-state index in [2.05, 4.69) is 19.2 Å². The molecule has 1 aromatic rings. The Labute approximate surface area is 110 Å². The van der Waals surface area contributed by atoms with E-state index in [1.165, 1.54) is 6.42 Å². The molecular weight excluding hydrogens is 226 g/mol. The van der Waals surface area contributed by atoms with Crippen molar-refractivity contribution in [1.29, 1.82) is 0 Å². The van der Waals surface area contributed by atoms with E-state index in [4.69, 9.17) is 4.74 Å². The van der Waals surface area contributed by atoms with Gasteiger partial charge in [-0.05, 0) is 38.0 Å². The molecule has 0 amide bonds. The largest absolute Gasteiger partial charge is 0.494 e. The smallest absolute Gasteiger partial charge is 0.124 e. The van der Waals surface area contributed by atoms with Gasteiger partial charge in [-0.15, -0.1) is 0 Å². The van der Waals surface area contributed by atoms with Crippen molar-refractivity contribution in [3.8, 4) is 5.75 Å². The fourth-order valence-electron chi connectivity index (χ4n) is 2.05. The minimum absolute atomic E-state index is 0.00935. The summed E-state index contributed by atoms with van der Waals surface area (Å²) < 4.78 is 5.47. The first kappa shape index (κ1) is 14.8. The van der Waals surface area contributed by atoms with Crippen LogP contribution in [0.3, 0.4) is 0 Å². The Morgan fingerprint density at radius 3 is 2.61 bits per heavy atom. The number of hydrogen-bond acceptors (Lipinski definition) is 3. The Kier molecular flexibility index (Phi) is 6.58. The molecule has 0 aromatic heterocycles. The normalized spacial score (nSPS) is 12.2. The highest BCUT2D eigenvalue weighted by Crippen LogP contribution is 2.24. The number of ether oxygens (including phenoxy) is 1. The van der Waals surface area contributed by atoms with Gasteiger partial charge in [0.2, 0.25) is 0 Å². The molecule has 0 fully saturated rings. The number of nitrogens with one attached hydrogen (secondary N) is 1. The monoisotopic (exact) mass is 251 g/mol. The fourth-order valence-corrected chi connectivity index (χ4v) is 2.05. The summed E-state index contributed by atoms with van der Waals surface area (Å²) in [6, 6.07) is 6.42. The summed E-state index contributed by atoms with van der Waals surface area (Å²) in [6.07, 6.45) is 3.45. The lowest BCUT2D eigenvalue weighted by molar-refractivity contribution is 0.267. The van der Waals surface area contributed by atoms with Crippen LogP contribution in [0.15, 0.2) is 18.2 Å². The minimum Gasteiger partial charge on any atom is -0.494 e. The van der Waals surface area contributed by atoms with E-state index in [0.717, 1.165) is 29.8 Å². The molecule has 0 saturated carbocycles. The molecule has 0 heterocycles. The van der Waals surface area contributed by atoms with Gasteiger partial charge in [0.05, 0.1) is 13.2 Å². The van der Waals surface area contributed by atoms with Gasteiger partial charge in [0.25, 0.3) is 0 Å². The molecule has 0 aliphatic carbocycles. The molecule has 0 radical (unpaired) electrons. The van der Waals surface area contributed by atoms with Crippen LogP contribution in [0.4, 0.5) is 5.69 Å². The Morgan fingerprint density at radius 1 is 1.28 bits per heavy atom. The summed E-state index contributed by atoms with van der Waals surface area (Å²) in [5.74, 6) is 0.772. The van der Waals surface area contributed by atoms with Crippen molar-refractivity contribution in [2.45, 2.75) is 52.7 Å². The van der Waals surface area contributed by atoms with Gasteiger partial charge in [-0.1, -0.05) is 20.3 Å². The van der Waals surface area contributed by atoms with E-state index < -0.39 is 0 Å². The lowest BCUT2D eigenvalue weighted by Crippen LogP contribution is -2.18. The predicted octanol–water partition coefficient (Wildman–Crippen LogP) is 3.57. The summed E-state index contributed by atoms with van der Waals surface area (Å²) in [6.45, 7) is 6.96. The lowest BCUT2D eigenvalue weighted by Gasteiger charge is -2.19. The zero-order valence-electron chi connectivity index (χ0n) is 11.7. The molecule has 102 valence electrons. The highest BCUT2D eigenvalue weighted by Gasteiger charge is 2.08. The summed E-state index contributed by atoms with van der Waals surface area (Å²) in [5.41, 5.74) is 1.90. The zero-order chi connectivity index (χ0) is 13.4. The molecule has 1 atom stereocenters. The van der Waals surface area contributed by atoms with Gasteiger partial charge >= 0.3 is 0 Å². The molecule has 0 spiro atoms. The summed E-state index contributed by atoms with van der Waals surface area (Å²) in [4.78, 5) is 0. The van der Waals surface area contributed by atoms with E-state index in [-0.39, 0.29) is 6.61 Å². The van der Waals surface area contributed by atoms with Crippen LogP contribution in [0.5, 0.6) is 5.75 Å². The van der Waals surface area contributed by atoms with Crippen molar-refractivity contribution < 1.29 is 9.84 Å². The van der Waals surface area contributed by atoms with Gasteiger partial charge in [0, 0.05) is 17.3 Å². The average molecular weight is 251 g/mol. The second kappa shape index (κ2) is 7.98. The maximum atomic E-state index is 9.36. The van der Waals surface area contributed by atoms with Crippen LogP contribution in [0.2, 0.25) is 0 Å². The molecule has 0 aliphatic heterocycles. The lowest BCUT2D eigenvalue weighted by atomic mass is 10.1. The van der Waals surface area contributed by atoms with Gasteiger partial charge in [0.15, 0.2) is 0 Å². The Bertz CT molecular complexity index is 352. The van der Waals surface area contributed by atoms with Gasteiger partial charge in [-0.25, -0.2) is 0 Å². The molecular formula is C15H25NO2. The zero-order valence-corrected chi connectivity index (χ0v) is 11.7. The van der Waals surface area contributed by atoms with Gasteiger partial charge in [-0.3, -0.25) is 0 Å². The quantitative estimate of drug-likeness (QED) is 0.742. The topological polar surface area (TPSA) is 41.5 Å². The Hall–Kier alpha value is -1.22. The molecule has 1 rings (SSSR count). The maximum absolute atomic E-state index is 9.36. The van der Waals surface area contributed by atoms with Gasteiger partial charge < -0.3 is 15.2 Å². The second-order valence-electron chi connectivity index (χ2n) is 4.45. The van der Waals surface area contributed by atoms with E-state index in [9.17, 15) is 5.11 Å². The minimum atomic E-state index is 0.00935. The van der Waals surface area contributed by atoms with Crippen LogP contribution in [0.25, 0.3) is 0 Å². The van der Waals surface area contributed by atoms with Crippen molar-refractivity contribution in [1.82, 2.24) is 0 Å². The highest BCUT2D eigenvalue weighted by molar-refractivity contribution is 5.51. The third-order valence-electron chi connectivity index (χ3n) is 3.03. The van der Waals surface area contributed by atoms with Crippen molar-refractivity contribution >= 4 is 5.69 Å². The first-order valence-corrected chi connectivity index (χ1v) is 6.88. The molecule has 1 unspecified atom stereocenters. The van der Waals surface area contributed by atoms with Crippen LogP contribution >= 0.6 is 0 Å². The molecule has 18 heavy (non-hydrogen) atoms. The van der Waals surface area contributed by atoms with Crippen molar-refractivity contribution in [2.75, 3.05) is 11.9 Å². The van der Waals surface area contributed by atoms with Crippen LogP contribution in [0.1, 0.15) is 45.6 Å². The molecule has 2 N–H and O–H groups in total. The standard InChI is InChI=1S/C15H25NO2/c1-4-7-13(5-2)16-14-8-9-15(18-6-3)12(10-14)11-17/h8-10,13,16-17H,4-7,11H2,1-3H3. The summed E-state index contributed by atoms with van der Waals surface area (Å²) in [5, 5.41) is 12.9. The molecule has 0 aliphatic rings.